The van der Waals surface area contributed by atoms with Crippen molar-refractivity contribution < 1.29 is 19.1 Å². The summed E-state index contributed by atoms with van der Waals surface area (Å²) in [6, 6.07) is 9.00. The number of aryl methyl sites for hydroxylation is 2. The van der Waals surface area contributed by atoms with Crippen LogP contribution in [0.2, 0.25) is 0 Å². The molecule has 34 heavy (non-hydrogen) atoms. The van der Waals surface area contributed by atoms with Crippen LogP contribution in [0.25, 0.3) is 0 Å². The molecule has 0 saturated carbocycles. The second-order valence-corrected chi connectivity index (χ2v) is 9.48. The third-order valence-electron chi connectivity index (χ3n) is 5.62. The fraction of sp³-hybridized carbons (Fsp3) is 0.444. The number of amides is 3. The Hall–Kier alpha value is -3.35. The zero-order chi connectivity index (χ0) is 25.6. The Labute approximate surface area is 202 Å². The third kappa shape index (κ3) is 6.37. The zero-order valence-electron chi connectivity index (χ0n) is 21.6. The Bertz CT molecular complexity index is 1050. The highest BCUT2D eigenvalue weighted by atomic mass is 16.5. The fourth-order valence-electron chi connectivity index (χ4n) is 4.00. The first-order valence-corrected chi connectivity index (χ1v) is 11.5. The van der Waals surface area contributed by atoms with Gasteiger partial charge in [0.15, 0.2) is 0 Å². The Morgan fingerprint density at radius 3 is 2.15 bits per heavy atom. The van der Waals surface area contributed by atoms with Gasteiger partial charge in [-0.3, -0.25) is 14.4 Å². The highest BCUT2D eigenvalue weighted by Crippen LogP contribution is 2.32. The summed E-state index contributed by atoms with van der Waals surface area (Å²) in [5.41, 5.74) is 4.08. The van der Waals surface area contributed by atoms with Gasteiger partial charge in [0.2, 0.25) is 11.8 Å². The molecule has 0 aliphatic heterocycles. The van der Waals surface area contributed by atoms with Crippen molar-refractivity contribution in [2.24, 2.45) is 0 Å². The van der Waals surface area contributed by atoms with E-state index < -0.39 is 0 Å². The van der Waals surface area contributed by atoms with E-state index in [9.17, 15) is 14.4 Å². The average Bonchev–Trinajstić information content (AvgIpc) is 2.76. The minimum Gasteiger partial charge on any atom is -0.496 e. The maximum atomic E-state index is 13.2. The van der Waals surface area contributed by atoms with Gasteiger partial charge in [-0.05, 0) is 66.6 Å². The lowest BCUT2D eigenvalue weighted by Gasteiger charge is -2.26. The molecule has 0 radical (unpaired) electrons. The number of ether oxygens (including phenoxy) is 1. The normalized spacial score (nSPS) is 11.1. The van der Waals surface area contributed by atoms with Crippen LogP contribution in [0.3, 0.4) is 0 Å². The van der Waals surface area contributed by atoms with Crippen molar-refractivity contribution in [1.29, 1.82) is 0 Å². The van der Waals surface area contributed by atoms with Crippen LogP contribution in [-0.4, -0.2) is 38.4 Å². The van der Waals surface area contributed by atoms with Crippen molar-refractivity contribution in [2.75, 3.05) is 30.9 Å². The predicted octanol–water partition coefficient (Wildman–Crippen LogP) is 4.74. The van der Waals surface area contributed by atoms with Crippen LogP contribution in [0, 0.1) is 13.8 Å². The summed E-state index contributed by atoms with van der Waals surface area (Å²) >= 11 is 0. The summed E-state index contributed by atoms with van der Waals surface area (Å²) < 4.78 is 5.45. The molecule has 2 rings (SSSR count). The van der Waals surface area contributed by atoms with Crippen LogP contribution in [0.15, 0.2) is 30.3 Å². The minimum atomic E-state index is -0.338. The average molecular weight is 468 g/mol. The van der Waals surface area contributed by atoms with Gasteiger partial charge in [-0.15, -0.1) is 0 Å². The molecule has 0 aliphatic carbocycles. The first-order valence-electron chi connectivity index (χ1n) is 11.5. The van der Waals surface area contributed by atoms with Gasteiger partial charge < -0.3 is 20.3 Å². The standard InChI is InChI=1S/C27H37N3O4/c1-9-10-24(32)30(20-13-17(2)25(34-8)18(3)14-20)16-23(31)29-22-15-19(26(33)28-7)11-12-21(22)27(4,5)6/h11-15H,9-10,16H2,1-8H3,(H,28,33)(H,29,31). The second-order valence-electron chi connectivity index (χ2n) is 9.48. The lowest BCUT2D eigenvalue weighted by molar-refractivity contribution is -0.121. The zero-order valence-corrected chi connectivity index (χ0v) is 21.6. The van der Waals surface area contributed by atoms with E-state index in [1.807, 2.05) is 59.7 Å². The molecule has 0 atom stereocenters. The molecular formula is C27H37N3O4. The Morgan fingerprint density at radius 2 is 1.65 bits per heavy atom. The van der Waals surface area contributed by atoms with E-state index >= 15 is 0 Å². The Balaban J connectivity index is 2.42. The number of anilines is 2. The summed E-state index contributed by atoms with van der Waals surface area (Å²) in [4.78, 5) is 39.9. The van der Waals surface area contributed by atoms with Crippen molar-refractivity contribution >= 4 is 29.1 Å². The van der Waals surface area contributed by atoms with Gasteiger partial charge in [0.1, 0.15) is 12.3 Å². The number of hydrogen-bond donors (Lipinski definition) is 2. The summed E-state index contributed by atoms with van der Waals surface area (Å²) in [5.74, 6) is 0.0590. The largest absolute Gasteiger partial charge is 0.496 e. The monoisotopic (exact) mass is 467 g/mol. The van der Waals surface area contributed by atoms with Gasteiger partial charge in [0, 0.05) is 30.4 Å². The lowest BCUT2D eigenvalue weighted by Crippen LogP contribution is -2.38. The molecule has 3 amide bonds. The van der Waals surface area contributed by atoms with Crippen molar-refractivity contribution in [2.45, 2.75) is 59.8 Å². The van der Waals surface area contributed by atoms with Gasteiger partial charge in [-0.2, -0.15) is 0 Å². The minimum absolute atomic E-state index is 0.128. The summed E-state index contributed by atoms with van der Waals surface area (Å²) in [5, 5.41) is 5.56. The number of carbonyl (C=O) groups is 3. The van der Waals surface area contributed by atoms with E-state index in [1.54, 1.807) is 26.3 Å². The van der Waals surface area contributed by atoms with Crippen molar-refractivity contribution in [3.63, 3.8) is 0 Å². The fourth-order valence-corrected chi connectivity index (χ4v) is 4.00. The summed E-state index contributed by atoms with van der Waals surface area (Å²) in [7, 11) is 3.18. The van der Waals surface area contributed by atoms with E-state index in [4.69, 9.17) is 4.74 Å². The highest BCUT2D eigenvalue weighted by molar-refractivity contribution is 6.04. The molecule has 2 aromatic rings. The smallest absolute Gasteiger partial charge is 0.251 e. The highest BCUT2D eigenvalue weighted by Gasteiger charge is 2.24. The third-order valence-corrected chi connectivity index (χ3v) is 5.62. The molecule has 0 aromatic heterocycles. The quantitative estimate of drug-likeness (QED) is 0.587. The van der Waals surface area contributed by atoms with E-state index in [0.29, 0.717) is 29.8 Å². The predicted molar refractivity (Wildman–Crippen MR) is 137 cm³/mol. The van der Waals surface area contributed by atoms with Crippen LogP contribution < -0.4 is 20.3 Å². The summed E-state index contributed by atoms with van der Waals surface area (Å²) in [6.45, 7) is 11.7. The Kier molecular flexibility index (Phi) is 8.85. The molecule has 7 nitrogen and oxygen atoms in total. The Morgan fingerprint density at radius 1 is 1.03 bits per heavy atom. The number of benzene rings is 2. The number of rotatable bonds is 8. The SMILES string of the molecule is CCCC(=O)N(CC(=O)Nc1cc(C(=O)NC)ccc1C(C)(C)C)c1cc(C)c(OC)c(C)c1. The van der Waals surface area contributed by atoms with E-state index in [1.165, 1.54) is 4.90 Å². The molecule has 7 heteroatoms. The second kappa shape index (κ2) is 11.2. The molecule has 0 spiro atoms. The number of nitrogens with one attached hydrogen (secondary N) is 2. The van der Waals surface area contributed by atoms with E-state index in [-0.39, 0.29) is 29.7 Å². The molecule has 184 valence electrons. The van der Waals surface area contributed by atoms with Gasteiger partial charge in [0.25, 0.3) is 5.91 Å². The van der Waals surface area contributed by atoms with Crippen LogP contribution in [0.1, 0.15) is 67.6 Å². The van der Waals surface area contributed by atoms with Crippen LogP contribution >= 0.6 is 0 Å². The molecule has 2 aromatic carbocycles. The molecule has 0 saturated heterocycles. The molecular weight excluding hydrogens is 430 g/mol. The van der Waals surface area contributed by atoms with Crippen LogP contribution in [-0.2, 0) is 15.0 Å². The molecule has 0 unspecified atom stereocenters. The van der Waals surface area contributed by atoms with E-state index in [0.717, 1.165) is 22.4 Å². The number of nitrogens with zero attached hydrogens (tertiary/aromatic N) is 1. The van der Waals surface area contributed by atoms with Gasteiger partial charge in [-0.1, -0.05) is 33.8 Å². The molecule has 0 bridgehead atoms. The number of carbonyl (C=O) groups excluding carboxylic acids is 3. The maximum Gasteiger partial charge on any atom is 0.251 e. The topological polar surface area (TPSA) is 87.7 Å². The van der Waals surface area contributed by atoms with E-state index in [2.05, 4.69) is 10.6 Å². The summed E-state index contributed by atoms with van der Waals surface area (Å²) in [6.07, 6.45) is 1.00. The van der Waals surface area contributed by atoms with Gasteiger partial charge >= 0.3 is 0 Å². The van der Waals surface area contributed by atoms with Crippen LogP contribution in [0.5, 0.6) is 5.75 Å². The first kappa shape index (κ1) is 26.9. The van der Waals surface area contributed by atoms with Crippen LogP contribution in [0.4, 0.5) is 11.4 Å². The van der Waals surface area contributed by atoms with Crippen molar-refractivity contribution in [3.8, 4) is 5.75 Å². The molecule has 2 N–H and O–H groups in total. The molecule has 0 heterocycles. The maximum absolute atomic E-state index is 13.2. The number of methoxy groups -OCH3 is 1. The lowest BCUT2D eigenvalue weighted by atomic mass is 9.85. The molecule has 0 fully saturated rings. The van der Waals surface area contributed by atoms with Gasteiger partial charge in [-0.25, -0.2) is 0 Å². The number of hydrogen-bond acceptors (Lipinski definition) is 4. The molecule has 0 aliphatic rings. The van der Waals surface area contributed by atoms with Gasteiger partial charge in [0.05, 0.1) is 7.11 Å². The van der Waals surface area contributed by atoms with Crippen molar-refractivity contribution in [3.05, 3.63) is 52.6 Å². The van der Waals surface area contributed by atoms with Crippen molar-refractivity contribution in [1.82, 2.24) is 5.32 Å². The first-order chi connectivity index (χ1) is 15.9.